The molecule has 0 unspecified atom stereocenters. The molecule has 0 spiro atoms. The van der Waals surface area contributed by atoms with Crippen molar-refractivity contribution in [3.05, 3.63) is 71.8 Å². The third-order valence-electron chi connectivity index (χ3n) is 7.87. The lowest BCUT2D eigenvalue weighted by Gasteiger charge is -2.14. The SMILES string of the molecule is C[C@@H](NC(=O)OCCCCCCCCCC#CC#CCCCCCCCCCOC(=O)N[C@H](C)c1ccccc1)c1ccccc1. The molecule has 2 rings (SSSR count). The van der Waals surface area contributed by atoms with Crippen molar-refractivity contribution >= 4 is 12.2 Å². The maximum Gasteiger partial charge on any atom is 0.407 e. The number of ether oxygens (including phenoxy) is 2. The zero-order valence-electron chi connectivity index (χ0n) is 28.3. The number of rotatable bonds is 22. The lowest BCUT2D eigenvalue weighted by Crippen LogP contribution is -2.27. The molecule has 0 bridgehead atoms. The molecule has 2 aromatic rings. The van der Waals surface area contributed by atoms with Crippen LogP contribution in [0.1, 0.15) is 140 Å². The molecule has 250 valence electrons. The zero-order valence-corrected chi connectivity index (χ0v) is 28.3. The number of hydrogen-bond donors (Lipinski definition) is 2. The van der Waals surface area contributed by atoms with Crippen LogP contribution in [0.5, 0.6) is 0 Å². The molecule has 0 heterocycles. The van der Waals surface area contributed by atoms with Crippen LogP contribution < -0.4 is 10.6 Å². The van der Waals surface area contributed by atoms with Gasteiger partial charge in [-0.2, -0.15) is 0 Å². The summed E-state index contributed by atoms with van der Waals surface area (Å²) in [6, 6.07) is 19.7. The molecular weight excluding hydrogens is 572 g/mol. The van der Waals surface area contributed by atoms with Crippen molar-refractivity contribution in [2.24, 2.45) is 0 Å². The number of carbonyl (C=O) groups excluding carboxylic acids is 2. The van der Waals surface area contributed by atoms with Gasteiger partial charge in [-0.05, 0) is 62.5 Å². The number of unbranched alkanes of at least 4 members (excludes halogenated alkanes) is 14. The minimum atomic E-state index is -0.346. The molecule has 2 N–H and O–H groups in total. The molecule has 0 saturated carbocycles. The molecule has 6 nitrogen and oxygen atoms in total. The van der Waals surface area contributed by atoms with Crippen LogP contribution in [-0.2, 0) is 9.47 Å². The average Bonchev–Trinajstić information content (AvgIpc) is 3.07. The van der Waals surface area contributed by atoms with E-state index in [1.54, 1.807) is 0 Å². The highest BCUT2D eigenvalue weighted by molar-refractivity contribution is 5.68. The predicted molar refractivity (Wildman–Crippen MR) is 188 cm³/mol. The Morgan fingerprint density at radius 1 is 0.522 bits per heavy atom. The predicted octanol–water partition coefficient (Wildman–Crippen LogP) is 10.2. The lowest BCUT2D eigenvalue weighted by molar-refractivity contribution is 0.139. The highest BCUT2D eigenvalue weighted by Gasteiger charge is 2.10. The van der Waals surface area contributed by atoms with Gasteiger partial charge >= 0.3 is 12.2 Å². The van der Waals surface area contributed by atoms with E-state index in [4.69, 9.17) is 9.47 Å². The van der Waals surface area contributed by atoms with Crippen molar-refractivity contribution in [2.45, 2.75) is 129 Å². The van der Waals surface area contributed by atoms with Gasteiger partial charge in [0.25, 0.3) is 0 Å². The Labute approximate surface area is 278 Å². The fraction of sp³-hybridized carbons (Fsp3) is 0.550. The van der Waals surface area contributed by atoms with Crippen LogP contribution in [0.25, 0.3) is 0 Å². The summed E-state index contributed by atoms with van der Waals surface area (Å²) in [5, 5.41) is 5.76. The number of alkyl carbamates (subject to hydrolysis) is 2. The van der Waals surface area contributed by atoms with Gasteiger partial charge in [-0.1, -0.05) is 137 Å². The number of hydrogen-bond acceptors (Lipinski definition) is 4. The van der Waals surface area contributed by atoms with Crippen LogP contribution in [0, 0.1) is 23.7 Å². The van der Waals surface area contributed by atoms with Gasteiger partial charge in [0.2, 0.25) is 0 Å². The summed E-state index contributed by atoms with van der Waals surface area (Å²) in [5.41, 5.74) is 2.14. The fourth-order valence-electron chi connectivity index (χ4n) is 5.03. The lowest BCUT2D eigenvalue weighted by atomic mass is 10.1. The first-order chi connectivity index (χ1) is 22.6. The van der Waals surface area contributed by atoms with E-state index < -0.39 is 0 Å². The molecule has 2 atom stereocenters. The van der Waals surface area contributed by atoms with Crippen molar-refractivity contribution in [2.75, 3.05) is 13.2 Å². The van der Waals surface area contributed by atoms with Gasteiger partial charge in [0, 0.05) is 12.8 Å². The van der Waals surface area contributed by atoms with Crippen molar-refractivity contribution in [1.82, 2.24) is 10.6 Å². The van der Waals surface area contributed by atoms with Gasteiger partial charge in [0.15, 0.2) is 0 Å². The van der Waals surface area contributed by atoms with E-state index in [1.165, 1.54) is 51.4 Å². The summed E-state index contributed by atoms with van der Waals surface area (Å²) in [6.07, 6.45) is 17.0. The minimum absolute atomic E-state index is 0.0563. The summed E-state index contributed by atoms with van der Waals surface area (Å²) in [6.45, 7) is 4.86. The fourth-order valence-corrected chi connectivity index (χ4v) is 5.03. The molecule has 2 amide bonds. The second-order valence-corrected chi connectivity index (χ2v) is 11.9. The molecule has 0 radical (unpaired) electrons. The third kappa shape index (κ3) is 20.2. The molecule has 0 fully saturated rings. The Morgan fingerprint density at radius 2 is 0.848 bits per heavy atom. The van der Waals surface area contributed by atoms with Crippen molar-refractivity contribution in [3.8, 4) is 23.7 Å². The second-order valence-electron chi connectivity index (χ2n) is 11.9. The number of carbonyl (C=O) groups is 2. The van der Waals surface area contributed by atoms with Gasteiger partial charge in [-0.15, -0.1) is 0 Å². The molecule has 0 aromatic heterocycles. The van der Waals surface area contributed by atoms with E-state index in [2.05, 4.69) is 34.3 Å². The zero-order chi connectivity index (χ0) is 32.9. The first-order valence-electron chi connectivity index (χ1n) is 17.5. The van der Waals surface area contributed by atoms with Gasteiger partial charge in [-0.3, -0.25) is 0 Å². The maximum atomic E-state index is 11.9. The summed E-state index contributed by atoms with van der Waals surface area (Å²) in [4.78, 5) is 23.9. The first-order valence-corrected chi connectivity index (χ1v) is 17.5. The molecule has 0 aliphatic rings. The Bertz CT molecular complexity index is 1100. The number of nitrogens with one attached hydrogen (secondary N) is 2. The summed E-state index contributed by atoms with van der Waals surface area (Å²) >= 11 is 0. The van der Waals surface area contributed by atoms with Crippen LogP contribution in [0.3, 0.4) is 0 Å². The Balaban J connectivity index is 1.28. The van der Waals surface area contributed by atoms with Crippen LogP contribution in [-0.4, -0.2) is 25.4 Å². The van der Waals surface area contributed by atoms with E-state index in [9.17, 15) is 9.59 Å². The van der Waals surface area contributed by atoms with Crippen LogP contribution in [0.2, 0.25) is 0 Å². The van der Waals surface area contributed by atoms with E-state index in [-0.39, 0.29) is 24.3 Å². The van der Waals surface area contributed by atoms with E-state index in [1.807, 2.05) is 74.5 Å². The van der Waals surface area contributed by atoms with Crippen LogP contribution in [0.15, 0.2) is 60.7 Å². The molecule has 0 aliphatic carbocycles. The van der Waals surface area contributed by atoms with E-state index >= 15 is 0 Å². The number of benzene rings is 2. The monoisotopic (exact) mass is 628 g/mol. The van der Waals surface area contributed by atoms with Gasteiger partial charge < -0.3 is 20.1 Å². The summed E-state index contributed by atoms with van der Waals surface area (Å²) in [5.74, 6) is 12.4. The molecule has 2 aromatic carbocycles. The Hall–Kier alpha value is -3.90. The largest absolute Gasteiger partial charge is 0.450 e. The highest BCUT2D eigenvalue weighted by atomic mass is 16.6. The summed E-state index contributed by atoms with van der Waals surface area (Å²) in [7, 11) is 0. The Kier molecular flexibility index (Phi) is 21.9. The van der Waals surface area contributed by atoms with Gasteiger partial charge in [0.1, 0.15) is 0 Å². The smallest absolute Gasteiger partial charge is 0.407 e. The second kappa shape index (κ2) is 26.3. The standard InChI is InChI=1S/C40H56N2O4/c1-35(37-29-23-21-24-30-37)41-39(43)45-33-27-19-17-15-13-11-9-7-5-3-4-6-8-10-12-14-16-18-20-28-34-46-40(44)42-36(2)38-31-25-22-26-32-38/h21-26,29-32,35-36H,7-20,27-28,33-34H2,1-2H3,(H,41,43)(H,42,44)/t35-,36-/m1/s1. The summed E-state index contributed by atoms with van der Waals surface area (Å²) < 4.78 is 10.6. The molecule has 6 heteroatoms. The maximum absolute atomic E-state index is 11.9. The van der Waals surface area contributed by atoms with Gasteiger partial charge in [-0.25, -0.2) is 9.59 Å². The van der Waals surface area contributed by atoms with Gasteiger partial charge in [0.05, 0.1) is 25.3 Å². The van der Waals surface area contributed by atoms with Crippen molar-refractivity contribution in [1.29, 1.82) is 0 Å². The molecule has 0 saturated heterocycles. The molecule has 46 heavy (non-hydrogen) atoms. The van der Waals surface area contributed by atoms with Crippen LogP contribution >= 0.6 is 0 Å². The average molecular weight is 629 g/mol. The first kappa shape index (κ1) is 38.3. The Morgan fingerprint density at radius 3 is 1.22 bits per heavy atom. The normalized spacial score (nSPS) is 11.6. The quantitative estimate of drug-likeness (QED) is 0.100. The highest BCUT2D eigenvalue weighted by Crippen LogP contribution is 2.13. The molecular formula is C40H56N2O4. The van der Waals surface area contributed by atoms with Crippen molar-refractivity contribution < 1.29 is 19.1 Å². The topological polar surface area (TPSA) is 76.7 Å². The van der Waals surface area contributed by atoms with E-state index in [0.717, 1.165) is 62.5 Å². The third-order valence-corrected chi connectivity index (χ3v) is 7.87. The number of amides is 2. The van der Waals surface area contributed by atoms with Crippen LogP contribution in [0.4, 0.5) is 9.59 Å². The molecule has 0 aliphatic heterocycles. The van der Waals surface area contributed by atoms with E-state index in [0.29, 0.717) is 13.2 Å². The minimum Gasteiger partial charge on any atom is -0.450 e. The van der Waals surface area contributed by atoms with Crippen molar-refractivity contribution in [3.63, 3.8) is 0 Å².